The summed E-state index contributed by atoms with van der Waals surface area (Å²) in [6.07, 6.45) is -4.42. The highest BCUT2D eigenvalue weighted by atomic mass is 19.4. The summed E-state index contributed by atoms with van der Waals surface area (Å²) < 4.78 is 36.5. The maximum atomic E-state index is 12.2. The van der Waals surface area contributed by atoms with E-state index in [1.165, 1.54) is 6.07 Å². The van der Waals surface area contributed by atoms with Crippen molar-refractivity contribution in [3.8, 4) is 0 Å². The van der Waals surface area contributed by atoms with Gasteiger partial charge in [-0.1, -0.05) is 0 Å². The van der Waals surface area contributed by atoms with E-state index < -0.39 is 11.7 Å². The Morgan fingerprint density at radius 2 is 1.85 bits per heavy atom. The molecule has 0 aliphatic rings. The van der Waals surface area contributed by atoms with Crippen LogP contribution in [0.4, 0.5) is 24.5 Å². The number of halogens is 3. The maximum absolute atomic E-state index is 12.2. The standard InChI is InChI=1S/C7H8F3N3/c8-7(9,10)5-2-1-4(13-12)3-6(5)11/h1-3,13H,11-12H2. The second-order valence-corrected chi connectivity index (χ2v) is 2.44. The summed E-state index contributed by atoms with van der Waals surface area (Å²) in [6.45, 7) is 0. The molecule has 0 saturated heterocycles. The van der Waals surface area contributed by atoms with Gasteiger partial charge in [0.1, 0.15) is 0 Å². The number of hydrogen-bond donors (Lipinski definition) is 3. The zero-order valence-corrected chi connectivity index (χ0v) is 6.52. The molecule has 0 radical (unpaired) electrons. The predicted octanol–water partition coefficient (Wildman–Crippen LogP) is 1.57. The number of benzene rings is 1. The average molecular weight is 191 g/mol. The van der Waals surface area contributed by atoms with Crippen molar-refractivity contribution >= 4 is 11.4 Å². The first-order valence-electron chi connectivity index (χ1n) is 3.38. The Labute approximate surface area is 72.5 Å². The van der Waals surface area contributed by atoms with E-state index in [-0.39, 0.29) is 5.69 Å². The molecule has 0 saturated carbocycles. The molecular formula is C7H8F3N3. The largest absolute Gasteiger partial charge is 0.418 e. The predicted molar refractivity (Wildman–Crippen MR) is 43.7 cm³/mol. The highest BCUT2D eigenvalue weighted by Crippen LogP contribution is 2.34. The van der Waals surface area contributed by atoms with Crippen LogP contribution < -0.4 is 17.0 Å². The summed E-state index contributed by atoms with van der Waals surface area (Å²) in [5, 5.41) is 0. The first-order valence-corrected chi connectivity index (χ1v) is 3.38. The molecule has 72 valence electrons. The number of hydrogen-bond acceptors (Lipinski definition) is 3. The minimum absolute atomic E-state index is 0.338. The summed E-state index contributed by atoms with van der Waals surface area (Å²) in [5.74, 6) is 4.99. The Balaban J connectivity index is 3.13. The van der Waals surface area contributed by atoms with Gasteiger partial charge in [-0.2, -0.15) is 13.2 Å². The summed E-state index contributed by atoms with van der Waals surface area (Å²) in [5.41, 5.74) is 6.51. The van der Waals surface area contributed by atoms with Crippen LogP contribution in [0.25, 0.3) is 0 Å². The third-order valence-corrected chi connectivity index (χ3v) is 1.52. The Morgan fingerprint density at radius 1 is 1.23 bits per heavy atom. The lowest BCUT2D eigenvalue weighted by atomic mass is 10.1. The van der Waals surface area contributed by atoms with Crippen LogP contribution in [0.1, 0.15) is 5.56 Å². The van der Waals surface area contributed by atoms with Crippen LogP contribution in [-0.4, -0.2) is 0 Å². The lowest BCUT2D eigenvalue weighted by Crippen LogP contribution is -2.11. The molecule has 13 heavy (non-hydrogen) atoms. The Bertz CT molecular complexity index is 308. The molecule has 0 bridgehead atoms. The molecule has 0 unspecified atom stereocenters. The fourth-order valence-electron chi connectivity index (χ4n) is 0.911. The van der Waals surface area contributed by atoms with Gasteiger partial charge in [0.2, 0.25) is 0 Å². The number of hydrazine groups is 1. The van der Waals surface area contributed by atoms with Crippen LogP contribution in [0.2, 0.25) is 0 Å². The molecule has 6 heteroatoms. The summed E-state index contributed by atoms with van der Waals surface area (Å²) in [4.78, 5) is 0. The van der Waals surface area contributed by atoms with Gasteiger partial charge in [0.05, 0.1) is 11.3 Å². The molecule has 1 aromatic carbocycles. The van der Waals surface area contributed by atoms with Gasteiger partial charge < -0.3 is 11.2 Å². The quantitative estimate of drug-likeness (QED) is 0.358. The zero-order valence-electron chi connectivity index (χ0n) is 6.52. The van der Waals surface area contributed by atoms with Crippen molar-refractivity contribution in [3.05, 3.63) is 23.8 Å². The molecule has 3 nitrogen and oxygen atoms in total. The maximum Gasteiger partial charge on any atom is 0.418 e. The van der Waals surface area contributed by atoms with E-state index in [4.69, 9.17) is 11.6 Å². The van der Waals surface area contributed by atoms with Crippen LogP contribution >= 0.6 is 0 Å². The molecule has 0 spiro atoms. The molecule has 0 amide bonds. The Hall–Kier alpha value is -1.43. The Kier molecular flexibility index (Phi) is 2.33. The van der Waals surface area contributed by atoms with Gasteiger partial charge >= 0.3 is 6.18 Å². The average Bonchev–Trinajstić information content (AvgIpc) is 2.01. The number of anilines is 2. The van der Waals surface area contributed by atoms with E-state index in [2.05, 4.69) is 5.43 Å². The van der Waals surface area contributed by atoms with Crippen LogP contribution in [0.3, 0.4) is 0 Å². The van der Waals surface area contributed by atoms with E-state index in [1.54, 1.807) is 0 Å². The third kappa shape index (κ3) is 2.03. The summed E-state index contributed by atoms with van der Waals surface area (Å²) in [7, 11) is 0. The molecule has 0 aliphatic carbocycles. The van der Waals surface area contributed by atoms with Crippen LogP contribution in [0.5, 0.6) is 0 Å². The lowest BCUT2D eigenvalue weighted by Gasteiger charge is -2.10. The van der Waals surface area contributed by atoms with Crippen molar-refractivity contribution in [2.24, 2.45) is 5.84 Å². The topological polar surface area (TPSA) is 64.1 Å². The van der Waals surface area contributed by atoms with Gasteiger partial charge in [-0.25, -0.2) is 0 Å². The van der Waals surface area contributed by atoms with Crippen molar-refractivity contribution in [2.45, 2.75) is 6.18 Å². The highest BCUT2D eigenvalue weighted by Gasteiger charge is 2.32. The number of alkyl halides is 3. The monoisotopic (exact) mass is 191 g/mol. The van der Waals surface area contributed by atoms with Gasteiger partial charge in [0.15, 0.2) is 0 Å². The molecule has 1 rings (SSSR count). The van der Waals surface area contributed by atoms with Gasteiger partial charge in [-0.15, -0.1) is 0 Å². The van der Waals surface area contributed by atoms with Crippen molar-refractivity contribution in [1.29, 1.82) is 0 Å². The fraction of sp³-hybridized carbons (Fsp3) is 0.143. The van der Waals surface area contributed by atoms with Crippen LogP contribution in [0, 0.1) is 0 Å². The Morgan fingerprint density at radius 3 is 2.23 bits per heavy atom. The number of nitrogen functional groups attached to an aromatic ring is 2. The van der Waals surface area contributed by atoms with E-state index in [0.29, 0.717) is 5.69 Å². The third-order valence-electron chi connectivity index (χ3n) is 1.52. The number of nitrogens with two attached hydrogens (primary N) is 2. The van der Waals surface area contributed by atoms with Gasteiger partial charge in [0, 0.05) is 5.69 Å². The molecule has 0 fully saturated rings. The van der Waals surface area contributed by atoms with Crippen molar-refractivity contribution in [2.75, 3.05) is 11.2 Å². The summed E-state index contributed by atoms with van der Waals surface area (Å²) in [6, 6.07) is 3.21. The highest BCUT2D eigenvalue weighted by molar-refractivity contribution is 5.59. The first-order chi connectivity index (χ1) is 5.95. The summed E-state index contributed by atoms with van der Waals surface area (Å²) >= 11 is 0. The normalized spacial score (nSPS) is 11.4. The van der Waals surface area contributed by atoms with Gasteiger partial charge in [0.25, 0.3) is 0 Å². The second-order valence-electron chi connectivity index (χ2n) is 2.44. The molecule has 1 aromatic rings. The van der Waals surface area contributed by atoms with Crippen LogP contribution in [0.15, 0.2) is 18.2 Å². The minimum atomic E-state index is -4.42. The van der Waals surface area contributed by atoms with E-state index in [1.807, 2.05) is 0 Å². The lowest BCUT2D eigenvalue weighted by molar-refractivity contribution is -0.136. The fourth-order valence-corrected chi connectivity index (χ4v) is 0.911. The van der Waals surface area contributed by atoms with E-state index >= 15 is 0 Å². The number of nitrogens with one attached hydrogen (secondary N) is 1. The SMILES string of the molecule is NNc1ccc(C(F)(F)F)c(N)c1. The first kappa shape index (κ1) is 9.66. The van der Waals surface area contributed by atoms with Crippen molar-refractivity contribution < 1.29 is 13.2 Å². The number of rotatable bonds is 1. The molecule has 0 aromatic heterocycles. The molecular weight excluding hydrogens is 183 g/mol. The van der Waals surface area contributed by atoms with Crippen LogP contribution in [-0.2, 0) is 6.18 Å². The van der Waals surface area contributed by atoms with Crippen molar-refractivity contribution in [3.63, 3.8) is 0 Å². The van der Waals surface area contributed by atoms with Gasteiger partial charge in [-0.05, 0) is 18.2 Å². The second kappa shape index (κ2) is 3.14. The van der Waals surface area contributed by atoms with Gasteiger partial charge in [-0.3, -0.25) is 5.84 Å². The smallest absolute Gasteiger partial charge is 0.398 e. The molecule has 0 atom stereocenters. The zero-order chi connectivity index (χ0) is 10.1. The molecule has 0 aliphatic heterocycles. The minimum Gasteiger partial charge on any atom is -0.398 e. The van der Waals surface area contributed by atoms with E-state index in [9.17, 15) is 13.2 Å². The van der Waals surface area contributed by atoms with E-state index in [0.717, 1.165) is 12.1 Å². The van der Waals surface area contributed by atoms with Crippen molar-refractivity contribution in [1.82, 2.24) is 0 Å². The molecule has 0 heterocycles. The molecule has 5 N–H and O–H groups in total.